The number of pyridine rings is 1. The summed E-state index contributed by atoms with van der Waals surface area (Å²) >= 11 is 1.54. The van der Waals surface area contributed by atoms with Gasteiger partial charge in [0.2, 0.25) is 0 Å². The minimum absolute atomic E-state index is 0.116. The van der Waals surface area contributed by atoms with Crippen molar-refractivity contribution in [3.63, 3.8) is 0 Å². The lowest BCUT2D eigenvalue weighted by Gasteiger charge is -2.27. The molecule has 1 N–H and O–H groups in total. The Kier molecular flexibility index (Phi) is 6.69. The highest BCUT2D eigenvalue weighted by molar-refractivity contribution is 8.18. The summed E-state index contributed by atoms with van der Waals surface area (Å²) < 4.78 is 33.7. The van der Waals surface area contributed by atoms with Gasteiger partial charge in [0.15, 0.2) is 0 Å². The summed E-state index contributed by atoms with van der Waals surface area (Å²) in [5.74, 6) is 0.747. The van der Waals surface area contributed by atoms with Crippen LogP contribution in [0.25, 0.3) is 0 Å². The second-order valence-corrected chi connectivity index (χ2v) is 9.66. The number of anilines is 2. The van der Waals surface area contributed by atoms with Crippen molar-refractivity contribution in [3.05, 3.63) is 59.3 Å². The highest BCUT2D eigenvalue weighted by atomic mass is 32.2. The maximum Gasteiger partial charge on any atom is 0.263 e. The lowest BCUT2D eigenvalue weighted by molar-refractivity contribution is 0.122. The Morgan fingerprint density at radius 3 is 2.81 bits per heavy atom. The van der Waals surface area contributed by atoms with E-state index in [9.17, 15) is 8.42 Å². The van der Waals surface area contributed by atoms with Gasteiger partial charge in [-0.25, -0.2) is 13.4 Å². The van der Waals surface area contributed by atoms with Crippen LogP contribution in [0.1, 0.15) is 12.5 Å². The van der Waals surface area contributed by atoms with E-state index in [1.54, 1.807) is 36.7 Å². The first kappa shape index (κ1) is 21.5. The number of thioether (sulfide) groups is 1. The number of rotatable bonds is 6. The van der Waals surface area contributed by atoms with Gasteiger partial charge in [-0.3, -0.25) is 14.7 Å². The summed E-state index contributed by atoms with van der Waals surface area (Å²) in [4.78, 5) is 16.2. The Bertz CT molecular complexity index is 1120. The second-order valence-electron chi connectivity index (χ2n) is 6.86. The zero-order chi connectivity index (χ0) is 21.7. The molecule has 8 nitrogen and oxygen atoms in total. The number of aliphatic imine (C=N–C) groups is 2. The fourth-order valence-corrected chi connectivity index (χ4v) is 5.01. The van der Waals surface area contributed by atoms with Crippen molar-refractivity contribution >= 4 is 44.5 Å². The monoisotopic (exact) mass is 457 g/mol. The van der Waals surface area contributed by atoms with Crippen LogP contribution in [-0.4, -0.2) is 57.5 Å². The molecule has 1 saturated heterocycles. The molecule has 1 aromatic carbocycles. The molecule has 0 radical (unpaired) electrons. The predicted molar refractivity (Wildman–Crippen MR) is 126 cm³/mol. The average molecular weight is 458 g/mol. The maximum atomic E-state index is 12.8. The number of hydrogen-bond donors (Lipinski definition) is 1. The minimum Gasteiger partial charge on any atom is -0.378 e. The van der Waals surface area contributed by atoms with Gasteiger partial charge < -0.3 is 9.64 Å². The van der Waals surface area contributed by atoms with E-state index in [1.807, 2.05) is 19.1 Å². The Balaban J connectivity index is 1.47. The average Bonchev–Trinajstić information content (AvgIpc) is 3.27. The fraction of sp³-hybridized carbons (Fsp3) is 0.286. The molecule has 10 heteroatoms. The molecule has 0 amide bonds. The molecule has 4 rings (SSSR count). The zero-order valence-corrected chi connectivity index (χ0v) is 18.7. The number of aromatic nitrogens is 1. The minimum atomic E-state index is -3.76. The largest absolute Gasteiger partial charge is 0.378 e. The Morgan fingerprint density at radius 2 is 2.06 bits per heavy atom. The molecule has 0 bridgehead atoms. The first-order valence-corrected chi connectivity index (χ1v) is 12.2. The highest BCUT2D eigenvalue weighted by Crippen LogP contribution is 2.30. The molecule has 1 fully saturated rings. The van der Waals surface area contributed by atoms with Crippen molar-refractivity contribution in [1.82, 2.24) is 4.98 Å². The molecule has 2 aliphatic rings. The third-order valence-electron chi connectivity index (χ3n) is 4.70. The van der Waals surface area contributed by atoms with Crippen molar-refractivity contribution in [3.8, 4) is 0 Å². The van der Waals surface area contributed by atoms with E-state index >= 15 is 0 Å². The summed E-state index contributed by atoms with van der Waals surface area (Å²) in [6.07, 6.45) is 4.91. The number of morpholine rings is 1. The Morgan fingerprint density at radius 1 is 1.23 bits per heavy atom. The molecule has 0 atom stereocenters. The van der Waals surface area contributed by atoms with Gasteiger partial charge in [0.1, 0.15) is 15.8 Å². The molecule has 2 aliphatic heterocycles. The van der Waals surface area contributed by atoms with Crippen LogP contribution in [0.5, 0.6) is 0 Å². The lowest BCUT2D eigenvalue weighted by atomic mass is 10.2. The van der Waals surface area contributed by atoms with Gasteiger partial charge >= 0.3 is 0 Å². The van der Waals surface area contributed by atoms with Crippen LogP contribution in [-0.2, 0) is 14.8 Å². The molecule has 2 aromatic rings. The number of nitrogens with one attached hydrogen (secondary N) is 1. The normalized spacial score (nSPS) is 18.5. The third-order valence-corrected chi connectivity index (χ3v) is 7.12. The molecule has 0 spiro atoms. The quantitative estimate of drug-likeness (QED) is 0.670. The number of nitrogens with zero attached hydrogens (tertiary/aromatic N) is 4. The van der Waals surface area contributed by atoms with E-state index in [-0.39, 0.29) is 4.90 Å². The molecule has 31 heavy (non-hydrogen) atoms. The van der Waals surface area contributed by atoms with Crippen molar-refractivity contribution in [2.24, 2.45) is 9.98 Å². The summed E-state index contributed by atoms with van der Waals surface area (Å²) in [5.41, 5.74) is 1.33. The van der Waals surface area contributed by atoms with E-state index in [2.05, 4.69) is 24.6 Å². The van der Waals surface area contributed by atoms with Crippen molar-refractivity contribution in [2.75, 3.05) is 42.5 Å². The van der Waals surface area contributed by atoms with Crippen LogP contribution in [0.15, 0.2) is 68.6 Å². The summed E-state index contributed by atoms with van der Waals surface area (Å²) in [5, 5.41) is 0.843. The number of benzene rings is 1. The van der Waals surface area contributed by atoms with Gasteiger partial charge in [-0.05, 0) is 31.2 Å². The van der Waals surface area contributed by atoms with Crippen molar-refractivity contribution in [1.29, 1.82) is 0 Å². The number of sulfonamides is 1. The van der Waals surface area contributed by atoms with E-state index in [4.69, 9.17) is 4.74 Å². The van der Waals surface area contributed by atoms with Crippen molar-refractivity contribution in [2.45, 2.75) is 11.8 Å². The van der Waals surface area contributed by atoms with E-state index < -0.39 is 10.0 Å². The standard InChI is InChI=1S/C21H23N5O3S2/c1-2-22-13-18-14-24-21(30-18)16-4-3-5-17(12-16)25-31(27,28)19-6-7-20(23-15-19)26-8-10-29-11-9-26/h2-7,12-13,15,25H,8-11,14H2,1H3/b18-13+,22-2?. The lowest BCUT2D eigenvalue weighted by Crippen LogP contribution is -2.36. The smallest absolute Gasteiger partial charge is 0.263 e. The highest BCUT2D eigenvalue weighted by Gasteiger charge is 2.19. The summed E-state index contributed by atoms with van der Waals surface area (Å²) in [6, 6.07) is 10.5. The van der Waals surface area contributed by atoms with Crippen molar-refractivity contribution < 1.29 is 13.2 Å². The van der Waals surface area contributed by atoms with Gasteiger partial charge in [0.25, 0.3) is 10.0 Å². The number of ether oxygens (including phenoxy) is 1. The first-order chi connectivity index (χ1) is 15.0. The molecule has 0 unspecified atom stereocenters. The van der Waals surface area contributed by atoms with E-state index in [0.717, 1.165) is 34.4 Å². The van der Waals surface area contributed by atoms with E-state index in [0.29, 0.717) is 25.4 Å². The van der Waals surface area contributed by atoms with Crippen LogP contribution >= 0.6 is 11.8 Å². The van der Waals surface area contributed by atoms with Gasteiger partial charge in [0, 0.05) is 47.9 Å². The Labute approximate surface area is 186 Å². The first-order valence-electron chi connectivity index (χ1n) is 9.86. The van der Waals surface area contributed by atoms with Crippen LogP contribution in [0.4, 0.5) is 11.5 Å². The zero-order valence-electron chi connectivity index (χ0n) is 17.1. The fourth-order valence-electron chi connectivity index (χ4n) is 3.15. The molecular weight excluding hydrogens is 434 g/mol. The topological polar surface area (TPSA) is 96.2 Å². The molecule has 3 heterocycles. The van der Waals surface area contributed by atoms with Crippen LogP contribution in [0.2, 0.25) is 0 Å². The molecule has 162 valence electrons. The summed E-state index contributed by atoms with van der Waals surface area (Å²) in [6.45, 7) is 5.22. The maximum absolute atomic E-state index is 12.8. The van der Waals surface area contributed by atoms with Gasteiger partial charge in [0.05, 0.1) is 19.8 Å². The predicted octanol–water partition coefficient (Wildman–Crippen LogP) is 3.14. The Hall–Kier alpha value is -2.69. The van der Waals surface area contributed by atoms with Crippen LogP contribution < -0.4 is 9.62 Å². The molecule has 1 aromatic heterocycles. The van der Waals surface area contributed by atoms with Crippen LogP contribution in [0, 0.1) is 0 Å². The summed E-state index contributed by atoms with van der Waals surface area (Å²) in [7, 11) is -3.76. The van der Waals surface area contributed by atoms with E-state index in [1.165, 1.54) is 18.0 Å². The van der Waals surface area contributed by atoms with Crippen LogP contribution in [0.3, 0.4) is 0 Å². The molecular formula is C21H23N5O3S2. The SMILES string of the molecule is CC=N/C=C1\CN=C(c2cccc(NS(=O)(=O)c3ccc(N4CCOCC4)nc3)c2)S1. The van der Waals surface area contributed by atoms with Gasteiger partial charge in [-0.1, -0.05) is 23.9 Å². The van der Waals surface area contributed by atoms with Gasteiger partial charge in [-0.15, -0.1) is 0 Å². The number of hydrogen-bond acceptors (Lipinski definition) is 8. The second kappa shape index (κ2) is 9.63. The van der Waals surface area contributed by atoms with Gasteiger partial charge in [-0.2, -0.15) is 0 Å². The molecule has 0 saturated carbocycles. The molecule has 0 aliphatic carbocycles. The third kappa shape index (κ3) is 5.33.